The van der Waals surface area contributed by atoms with Crippen LogP contribution in [0.15, 0.2) is 41.4 Å². The zero-order valence-corrected chi connectivity index (χ0v) is 15.5. The first-order valence-electron chi connectivity index (χ1n) is 7.10. The summed E-state index contributed by atoms with van der Waals surface area (Å²) in [4.78, 5) is 24.4. The zero-order valence-electron chi connectivity index (χ0n) is 13.9. The number of methoxy groups -OCH3 is 2. The average Bonchev–Trinajstić information content (AvgIpc) is 3.06. The lowest BCUT2D eigenvalue weighted by atomic mass is 10.2. The van der Waals surface area contributed by atoms with E-state index in [-0.39, 0.29) is 4.88 Å². The molecule has 0 aliphatic heterocycles. The molecule has 0 bridgehead atoms. The SMILES string of the molecule is COC(=O)/C(=C/Nc1cc(-c2ccc(OC)cc2)sc1C(=O)O)SC. The molecule has 2 N–H and O–H groups in total. The monoisotopic (exact) mass is 379 g/mol. The first-order chi connectivity index (χ1) is 12.0. The molecule has 0 unspecified atom stereocenters. The fraction of sp³-hybridized carbons (Fsp3) is 0.176. The van der Waals surface area contributed by atoms with Crippen molar-refractivity contribution in [2.75, 3.05) is 25.8 Å². The van der Waals surface area contributed by atoms with Gasteiger partial charge in [-0.25, -0.2) is 9.59 Å². The normalized spacial score (nSPS) is 11.1. The summed E-state index contributed by atoms with van der Waals surface area (Å²) in [6.45, 7) is 0. The van der Waals surface area contributed by atoms with Crippen molar-refractivity contribution in [1.82, 2.24) is 0 Å². The van der Waals surface area contributed by atoms with Crippen molar-refractivity contribution in [3.8, 4) is 16.2 Å². The number of hydrogen-bond donors (Lipinski definition) is 2. The van der Waals surface area contributed by atoms with E-state index < -0.39 is 11.9 Å². The van der Waals surface area contributed by atoms with Crippen molar-refractivity contribution in [1.29, 1.82) is 0 Å². The molecule has 6 nitrogen and oxygen atoms in total. The Bertz CT molecular complexity index is 796. The van der Waals surface area contributed by atoms with Crippen LogP contribution < -0.4 is 10.1 Å². The largest absolute Gasteiger partial charge is 0.497 e. The maximum absolute atomic E-state index is 11.6. The molecule has 1 heterocycles. The Morgan fingerprint density at radius 3 is 2.44 bits per heavy atom. The molecule has 0 aliphatic carbocycles. The summed E-state index contributed by atoms with van der Waals surface area (Å²) in [5.41, 5.74) is 1.29. The van der Waals surface area contributed by atoms with E-state index in [1.807, 2.05) is 24.3 Å². The number of carboxylic acid groups (broad SMARTS) is 1. The minimum Gasteiger partial charge on any atom is -0.497 e. The van der Waals surface area contributed by atoms with Crippen LogP contribution in [0.3, 0.4) is 0 Å². The molecule has 25 heavy (non-hydrogen) atoms. The third-order valence-electron chi connectivity index (χ3n) is 3.27. The van der Waals surface area contributed by atoms with E-state index in [2.05, 4.69) is 10.1 Å². The van der Waals surface area contributed by atoms with Crippen molar-refractivity contribution in [2.45, 2.75) is 0 Å². The Balaban J connectivity index is 2.34. The molecule has 0 amide bonds. The number of anilines is 1. The maximum Gasteiger partial charge on any atom is 0.348 e. The Kier molecular flexibility index (Phi) is 6.49. The number of rotatable bonds is 7. The van der Waals surface area contributed by atoms with Crippen molar-refractivity contribution in [3.05, 3.63) is 46.3 Å². The van der Waals surface area contributed by atoms with Gasteiger partial charge >= 0.3 is 11.9 Å². The van der Waals surface area contributed by atoms with Crippen molar-refractivity contribution >= 4 is 40.7 Å². The van der Waals surface area contributed by atoms with Gasteiger partial charge in [0.25, 0.3) is 0 Å². The number of nitrogens with one attached hydrogen (secondary N) is 1. The highest BCUT2D eigenvalue weighted by Gasteiger charge is 2.17. The minimum absolute atomic E-state index is 0.160. The quantitative estimate of drug-likeness (QED) is 0.557. The van der Waals surface area contributed by atoms with E-state index in [4.69, 9.17) is 4.74 Å². The molecule has 2 rings (SSSR count). The van der Waals surface area contributed by atoms with Crippen LogP contribution in [-0.4, -0.2) is 37.5 Å². The summed E-state index contributed by atoms with van der Waals surface area (Å²) in [5, 5.41) is 12.3. The van der Waals surface area contributed by atoms with E-state index in [1.54, 1.807) is 19.4 Å². The van der Waals surface area contributed by atoms with Gasteiger partial charge in [0.15, 0.2) is 0 Å². The summed E-state index contributed by atoms with van der Waals surface area (Å²) in [6.07, 6.45) is 3.18. The first kappa shape index (κ1) is 18.9. The van der Waals surface area contributed by atoms with E-state index >= 15 is 0 Å². The molecule has 1 aromatic heterocycles. The zero-order chi connectivity index (χ0) is 18.4. The van der Waals surface area contributed by atoms with Gasteiger partial charge in [0.05, 0.1) is 19.9 Å². The Labute approximate surface area is 153 Å². The highest BCUT2D eigenvalue weighted by Crippen LogP contribution is 2.35. The van der Waals surface area contributed by atoms with Crippen LogP contribution in [0.4, 0.5) is 5.69 Å². The number of esters is 1. The summed E-state index contributed by atoms with van der Waals surface area (Å²) < 4.78 is 9.80. The molecule has 0 aliphatic rings. The van der Waals surface area contributed by atoms with Crippen LogP contribution in [0.1, 0.15) is 9.67 Å². The Hall–Kier alpha value is -2.45. The number of aromatic carboxylic acids is 1. The lowest BCUT2D eigenvalue weighted by molar-refractivity contribution is -0.135. The van der Waals surface area contributed by atoms with Crippen LogP contribution in [-0.2, 0) is 9.53 Å². The molecule has 0 radical (unpaired) electrons. The van der Waals surface area contributed by atoms with Gasteiger partial charge in [-0.2, -0.15) is 0 Å². The van der Waals surface area contributed by atoms with E-state index in [0.717, 1.165) is 27.5 Å². The summed E-state index contributed by atoms with van der Waals surface area (Å²) in [6, 6.07) is 9.08. The lowest BCUT2D eigenvalue weighted by Gasteiger charge is -2.03. The highest BCUT2D eigenvalue weighted by molar-refractivity contribution is 8.03. The van der Waals surface area contributed by atoms with Gasteiger partial charge in [-0.3, -0.25) is 0 Å². The van der Waals surface area contributed by atoms with Gasteiger partial charge in [0.1, 0.15) is 15.5 Å². The number of carbonyl (C=O) groups is 2. The van der Waals surface area contributed by atoms with Crippen molar-refractivity contribution in [2.24, 2.45) is 0 Å². The van der Waals surface area contributed by atoms with Crippen molar-refractivity contribution < 1.29 is 24.2 Å². The second-order valence-corrected chi connectivity index (χ2v) is 6.64. The minimum atomic E-state index is -1.04. The molecule has 0 fully saturated rings. The number of carboxylic acids is 1. The summed E-state index contributed by atoms with van der Waals surface area (Å²) >= 11 is 2.36. The number of ether oxygens (including phenoxy) is 2. The number of thioether (sulfide) groups is 1. The predicted molar refractivity (Wildman–Crippen MR) is 101 cm³/mol. The maximum atomic E-state index is 11.6. The molecule has 0 saturated heterocycles. The smallest absolute Gasteiger partial charge is 0.348 e. The number of thiophene rings is 1. The summed E-state index contributed by atoms with van der Waals surface area (Å²) in [5.74, 6) is -0.797. The van der Waals surface area contributed by atoms with Crippen LogP contribution in [0.2, 0.25) is 0 Å². The molecular formula is C17H17NO5S2. The second-order valence-electron chi connectivity index (χ2n) is 4.74. The topological polar surface area (TPSA) is 84.9 Å². The van der Waals surface area contributed by atoms with E-state index in [9.17, 15) is 14.7 Å². The molecule has 0 spiro atoms. The molecule has 1 aromatic carbocycles. The molecule has 0 atom stereocenters. The van der Waals surface area contributed by atoms with Gasteiger partial charge in [-0.15, -0.1) is 23.1 Å². The molecule has 0 saturated carbocycles. The van der Waals surface area contributed by atoms with Crippen molar-refractivity contribution in [3.63, 3.8) is 0 Å². The number of benzene rings is 1. The third kappa shape index (κ3) is 4.55. The Morgan fingerprint density at radius 2 is 1.92 bits per heavy atom. The highest BCUT2D eigenvalue weighted by atomic mass is 32.2. The van der Waals surface area contributed by atoms with Gasteiger partial charge < -0.3 is 19.9 Å². The van der Waals surface area contributed by atoms with Crippen LogP contribution in [0, 0.1) is 0 Å². The molecule has 8 heteroatoms. The molecule has 2 aromatic rings. The fourth-order valence-corrected chi connectivity index (χ4v) is 3.39. The Morgan fingerprint density at radius 1 is 1.24 bits per heavy atom. The second kappa shape index (κ2) is 8.59. The number of carbonyl (C=O) groups excluding carboxylic acids is 1. The van der Waals surface area contributed by atoms with E-state index in [1.165, 1.54) is 25.1 Å². The predicted octanol–water partition coefficient (Wildman–Crippen LogP) is 3.91. The van der Waals surface area contributed by atoms with Crippen LogP contribution in [0.25, 0.3) is 10.4 Å². The van der Waals surface area contributed by atoms with Crippen LogP contribution >= 0.6 is 23.1 Å². The van der Waals surface area contributed by atoms with Gasteiger partial charge in [0, 0.05) is 11.1 Å². The fourth-order valence-electron chi connectivity index (χ4n) is 2.00. The standard InChI is InChI=1S/C17H17NO5S2/c1-22-11-6-4-10(5-7-11)13-8-12(15(25-13)16(19)20)18-9-14(24-3)17(21)23-2/h4-9,18H,1-3H3,(H,19,20)/b14-9-. The van der Waals surface area contributed by atoms with Gasteiger partial charge in [-0.05, 0) is 42.2 Å². The van der Waals surface area contributed by atoms with Gasteiger partial charge in [0.2, 0.25) is 0 Å². The van der Waals surface area contributed by atoms with E-state index in [0.29, 0.717) is 10.6 Å². The molecular weight excluding hydrogens is 362 g/mol. The number of hydrogen-bond acceptors (Lipinski definition) is 7. The van der Waals surface area contributed by atoms with Gasteiger partial charge in [-0.1, -0.05) is 0 Å². The third-order valence-corrected chi connectivity index (χ3v) is 5.16. The first-order valence-corrected chi connectivity index (χ1v) is 9.14. The lowest BCUT2D eigenvalue weighted by Crippen LogP contribution is -2.04. The molecule has 132 valence electrons. The summed E-state index contributed by atoms with van der Waals surface area (Å²) in [7, 11) is 2.88. The average molecular weight is 379 g/mol. The van der Waals surface area contributed by atoms with Crippen LogP contribution in [0.5, 0.6) is 5.75 Å².